The fraction of sp³-hybridized carbons (Fsp3) is 0.733. The van der Waals surface area contributed by atoms with Crippen molar-refractivity contribution in [1.82, 2.24) is 4.90 Å². The predicted octanol–water partition coefficient (Wildman–Crippen LogP) is 2.30. The Bertz CT molecular complexity index is 382. The molecule has 3 unspecified atom stereocenters. The second-order valence-electron chi connectivity index (χ2n) is 5.75. The quantitative estimate of drug-likeness (QED) is 0.875. The summed E-state index contributed by atoms with van der Waals surface area (Å²) in [5.41, 5.74) is 1.24. The Morgan fingerprint density at radius 2 is 2.30 bits per heavy atom. The molecule has 1 fully saturated rings. The molecule has 0 spiro atoms. The van der Waals surface area contributed by atoms with Crippen LogP contribution in [0.1, 0.15) is 32.4 Å². The highest BCUT2D eigenvalue weighted by Gasteiger charge is 2.27. The lowest BCUT2D eigenvalue weighted by Crippen LogP contribution is -2.46. The number of β-amino-alcohol motifs (C(OH)–C–C–N with tert-alkyl or cyclic N) is 1. The molecule has 2 heterocycles. The van der Waals surface area contributed by atoms with E-state index in [0.29, 0.717) is 13.2 Å². The van der Waals surface area contributed by atoms with E-state index in [2.05, 4.69) is 28.7 Å². The van der Waals surface area contributed by atoms with Gasteiger partial charge < -0.3 is 14.6 Å². The molecule has 20 heavy (non-hydrogen) atoms. The summed E-state index contributed by atoms with van der Waals surface area (Å²) < 4.78 is 11.5. The third-order valence-electron chi connectivity index (χ3n) is 3.34. The first-order valence-electron chi connectivity index (χ1n) is 7.24. The van der Waals surface area contributed by atoms with Gasteiger partial charge in [0.1, 0.15) is 0 Å². The molecule has 3 atom stereocenters. The SMILES string of the molecule is CC(C)OCC(O)CN1CC(C)OC(c2ccsc2)C1. The number of morpholine rings is 1. The number of thiophene rings is 1. The molecule has 1 aromatic rings. The van der Waals surface area contributed by atoms with E-state index in [4.69, 9.17) is 9.47 Å². The standard InChI is InChI=1S/C15H25NO3S/c1-11(2)18-9-14(17)7-16-6-12(3)19-15(8-16)13-4-5-20-10-13/h4-5,10-12,14-15,17H,6-9H2,1-3H3. The highest BCUT2D eigenvalue weighted by Crippen LogP contribution is 2.26. The summed E-state index contributed by atoms with van der Waals surface area (Å²) in [4.78, 5) is 2.27. The first kappa shape index (κ1) is 15.9. The van der Waals surface area contributed by atoms with Crippen molar-refractivity contribution in [2.45, 2.75) is 45.2 Å². The average Bonchev–Trinajstić information content (AvgIpc) is 2.89. The molecule has 1 N–H and O–H groups in total. The van der Waals surface area contributed by atoms with Crippen LogP contribution in [0.4, 0.5) is 0 Å². The van der Waals surface area contributed by atoms with Crippen LogP contribution in [0.2, 0.25) is 0 Å². The van der Waals surface area contributed by atoms with Gasteiger partial charge in [-0.2, -0.15) is 11.3 Å². The average molecular weight is 299 g/mol. The van der Waals surface area contributed by atoms with Gasteiger partial charge in [0.05, 0.1) is 31.0 Å². The summed E-state index contributed by atoms with van der Waals surface area (Å²) in [6.45, 7) is 8.78. The van der Waals surface area contributed by atoms with Gasteiger partial charge in [-0.05, 0) is 43.2 Å². The van der Waals surface area contributed by atoms with E-state index in [9.17, 15) is 5.11 Å². The van der Waals surface area contributed by atoms with Gasteiger partial charge in [0.15, 0.2) is 0 Å². The molecule has 1 saturated heterocycles. The van der Waals surface area contributed by atoms with Crippen LogP contribution >= 0.6 is 11.3 Å². The highest BCUT2D eigenvalue weighted by atomic mass is 32.1. The smallest absolute Gasteiger partial charge is 0.0964 e. The minimum Gasteiger partial charge on any atom is -0.389 e. The van der Waals surface area contributed by atoms with E-state index < -0.39 is 6.10 Å². The van der Waals surface area contributed by atoms with E-state index in [-0.39, 0.29) is 18.3 Å². The van der Waals surface area contributed by atoms with Crippen LogP contribution in [0, 0.1) is 0 Å². The van der Waals surface area contributed by atoms with E-state index >= 15 is 0 Å². The highest BCUT2D eigenvalue weighted by molar-refractivity contribution is 7.07. The van der Waals surface area contributed by atoms with Crippen molar-refractivity contribution >= 4 is 11.3 Å². The second kappa shape index (κ2) is 7.52. The Balaban J connectivity index is 1.85. The number of ether oxygens (including phenoxy) is 2. The van der Waals surface area contributed by atoms with Gasteiger partial charge in [0.25, 0.3) is 0 Å². The number of rotatable bonds is 6. The largest absolute Gasteiger partial charge is 0.389 e. The Hall–Kier alpha value is -0.460. The predicted molar refractivity (Wildman–Crippen MR) is 81.1 cm³/mol. The molecular formula is C15H25NO3S. The van der Waals surface area contributed by atoms with E-state index in [1.165, 1.54) is 5.56 Å². The molecule has 114 valence electrons. The third kappa shape index (κ3) is 4.82. The minimum atomic E-state index is -0.439. The maximum Gasteiger partial charge on any atom is 0.0964 e. The van der Waals surface area contributed by atoms with Crippen molar-refractivity contribution in [3.05, 3.63) is 22.4 Å². The van der Waals surface area contributed by atoms with E-state index in [0.717, 1.165) is 13.1 Å². The minimum absolute atomic E-state index is 0.114. The first-order chi connectivity index (χ1) is 9.54. The molecule has 1 aliphatic heterocycles. The van der Waals surface area contributed by atoms with Gasteiger partial charge in [-0.25, -0.2) is 0 Å². The maximum absolute atomic E-state index is 10.0. The van der Waals surface area contributed by atoms with Crippen molar-refractivity contribution in [2.75, 3.05) is 26.2 Å². The van der Waals surface area contributed by atoms with E-state index in [1.807, 2.05) is 13.8 Å². The Labute approximate surface area is 125 Å². The maximum atomic E-state index is 10.0. The summed E-state index contributed by atoms with van der Waals surface area (Å²) in [6.07, 6.45) is 0.0210. The summed E-state index contributed by atoms with van der Waals surface area (Å²) in [6, 6.07) is 2.11. The van der Waals surface area contributed by atoms with Crippen LogP contribution in [0.15, 0.2) is 16.8 Å². The van der Waals surface area contributed by atoms with Crippen LogP contribution in [0.5, 0.6) is 0 Å². The molecule has 0 bridgehead atoms. The zero-order valence-electron chi connectivity index (χ0n) is 12.5. The van der Waals surface area contributed by atoms with Gasteiger partial charge in [0, 0.05) is 19.6 Å². The Morgan fingerprint density at radius 1 is 1.50 bits per heavy atom. The van der Waals surface area contributed by atoms with Crippen LogP contribution in [-0.2, 0) is 9.47 Å². The molecule has 0 radical (unpaired) electrons. The molecule has 1 aromatic heterocycles. The Morgan fingerprint density at radius 3 is 2.95 bits per heavy atom. The lowest BCUT2D eigenvalue weighted by Gasteiger charge is -2.37. The molecule has 5 heteroatoms. The number of hydrogen-bond acceptors (Lipinski definition) is 5. The number of aliphatic hydroxyl groups excluding tert-OH is 1. The third-order valence-corrected chi connectivity index (χ3v) is 4.04. The fourth-order valence-electron chi connectivity index (χ4n) is 2.48. The van der Waals surface area contributed by atoms with Crippen molar-refractivity contribution in [3.8, 4) is 0 Å². The molecule has 1 aliphatic rings. The lowest BCUT2D eigenvalue weighted by atomic mass is 10.1. The van der Waals surface area contributed by atoms with Gasteiger partial charge >= 0.3 is 0 Å². The second-order valence-corrected chi connectivity index (χ2v) is 6.53. The zero-order chi connectivity index (χ0) is 14.5. The fourth-order valence-corrected chi connectivity index (χ4v) is 3.19. The van der Waals surface area contributed by atoms with Crippen molar-refractivity contribution in [3.63, 3.8) is 0 Å². The van der Waals surface area contributed by atoms with Crippen molar-refractivity contribution < 1.29 is 14.6 Å². The zero-order valence-corrected chi connectivity index (χ0v) is 13.3. The van der Waals surface area contributed by atoms with Crippen LogP contribution < -0.4 is 0 Å². The summed E-state index contributed by atoms with van der Waals surface area (Å²) >= 11 is 1.69. The number of nitrogens with zero attached hydrogens (tertiary/aromatic N) is 1. The number of aliphatic hydroxyl groups is 1. The van der Waals surface area contributed by atoms with Crippen LogP contribution in [-0.4, -0.2) is 54.6 Å². The topological polar surface area (TPSA) is 41.9 Å². The molecule has 0 amide bonds. The van der Waals surface area contributed by atoms with Crippen molar-refractivity contribution in [1.29, 1.82) is 0 Å². The van der Waals surface area contributed by atoms with Gasteiger partial charge in [-0.15, -0.1) is 0 Å². The molecule has 0 aliphatic carbocycles. The molecule has 4 nitrogen and oxygen atoms in total. The monoisotopic (exact) mass is 299 g/mol. The summed E-state index contributed by atoms with van der Waals surface area (Å²) in [5.74, 6) is 0. The van der Waals surface area contributed by atoms with Crippen molar-refractivity contribution in [2.24, 2.45) is 0 Å². The molecule has 2 rings (SSSR count). The summed E-state index contributed by atoms with van der Waals surface area (Å²) in [5, 5.41) is 14.3. The lowest BCUT2D eigenvalue weighted by molar-refractivity contribution is -0.0931. The number of hydrogen-bond donors (Lipinski definition) is 1. The van der Waals surface area contributed by atoms with Gasteiger partial charge in [-0.1, -0.05) is 0 Å². The molecule has 0 saturated carbocycles. The Kier molecular flexibility index (Phi) is 5.99. The molecular weight excluding hydrogens is 274 g/mol. The van der Waals surface area contributed by atoms with E-state index in [1.54, 1.807) is 11.3 Å². The van der Waals surface area contributed by atoms with Gasteiger partial charge in [0.2, 0.25) is 0 Å². The normalized spacial score (nSPS) is 26.1. The van der Waals surface area contributed by atoms with Crippen LogP contribution in [0.3, 0.4) is 0 Å². The van der Waals surface area contributed by atoms with Crippen LogP contribution in [0.25, 0.3) is 0 Å². The summed E-state index contributed by atoms with van der Waals surface area (Å²) in [7, 11) is 0. The molecule has 0 aromatic carbocycles. The first-order valence-corrected chi connectivity index (χ1v) is 8.18. The van der Waals surface area contributed by atoms with Gasteiger partial charge in [-0.3, -0.25) is 4.90 Å².